The minimum absolute atomic E-state index is 0.139. The Hall–Kier alpha value is -0.780. The summed E-state index contributed by atoms with van der Waals surface area (Å²) in [6, 6.07) is 0.270. The van der Waals surface area contributed by atoms with Crippen LogP contribution in [-0.4, -0.2) is 36.0 Å². The molecule has 1 saturated carbocycles. The Morgan fingerprint density at radius 3 is 2.47 bits per heavy atom. The quantitative estimate of drug-likeness (QED) is 0.615. The van der Waals surface area contributed by atoms with Gasteiger partial charge in [0.1, 0.15) is 11.8 Å². The number of nitrogens with one attached hydrogen (secondary N) is 1. The van der Waals surface area contributed by atoms with E-state index in [-0.39, 0.29) is 12.6 Å². The maximum atomic E-state index is 12.9. The molecule has 0 radical (unpaired) electrons. The van der Waals surface area contributed by atoms with Crippen LogP contribution in [0.5, 0.6) is 0 Å². The van der Waals surface area contributed by atoms with Crippen molar-refractivity contribution in [2.24, 2.45) is 17.6 Å². The number of halogens is 3. The van der Waals surface area contributed by atoms with Crippen LogP contribution in [0.25, 0.3) is 0 Å². The van der Waals surface area contributed by atoms with Crippen LogP contribution in [0.15, 0.2) is 0 Å². The fourth-order valence-electron chi connectivity index (χ4n) is 3.57. The molecule has 6 heteroatoms. The predicted octanol–water partition coefficient (Wildman–Crippen LogP) is 2.76. The molecular weight excluding hydrogens is 255 g/mol. The molecule has 19 heavy (non-hydrogen) atoms. The zero-order valence-corrected chi connectivity index (χ0v) is 11.0. The Bertz CT molecular complexity index is 328. The second-order valence-corrected chi connectivity index (χ2v) is 5.80. The fraction of sp³-hybridized carbons (Fsp3) is 0.923. The van der Waals surface area contributed by atoms with Crippen molar-refractivity contribution in [2.75, 3.05) is 13.1 Å². The Morgan fingerprint density at radius 2 is 1.84 bits per heavy atom. The molecule has 0 amide bonds. The van der Waals surface area contributed by atoms with E-state index in [1.807, 2.05) is 4.90 Å². The standard InChI is InChI=1S/C13H22F3N3/c14-13(15,16)10(12(17)18)8-19-7-3-5-9-4-1-2-6-11(9)19/h9-11H,1-8H2,(H3,17,18). The molecule has 1 saturated heterocycles. The van der Waals surface area contributed by atoms with Crippen molar-refractivity contribution in [1.29, 1.82) is 5.41 Å². The monoisotopic (exact) mass is 277 g/mol. The molecule has 3 nitrogen and oxygen atoms in total. The first-order chi connectivity index (χ1) is 8.89. The van der Waals surface area contributed by atoms with Gasteiger partial charge in [-0.1, -0.05) is 12.8 Å². The van der Waals surface area contributed by atoms with E-state index in [9.17, 15) is 13.2 Å². The lowest BCUT2D eigenvalue weighted by molar-refractivity contribution is -0.163. The van der Waals surface area contributed by atoms with Crippen LogP contribution < -0.4 is 5.73 Å². The molecule has 3 atom stereocenters. The number of nitrogens with zero attached hydrogens (tertiary/aromatic N) is 1. The predicted molar refractivity (Wildman–Crippen MR) is 68.0 cm³/mol. The van der Waals surface area contributed by atoms with Crippen molar-refractivity contribution < 1.29 is 13.2 Å². The van der Waals surface area contributed by atoms with Crippen LogP contribution in [-0.2, 0) is 0 Å². The Labute approximate surface area is 111 Å². The van der Waals surface area contributed by atoms with Gasteiger partial charge in [-0.25, -0.2) is 0 Å². The summed E-state index contributed by atoms with van der Waals surface area (Å²) in [4.78, 5) is 1.94. The van der Waals surface area contributed by atoms with Crippen LogP contribution >= 0.6 is 0 Å². The number of alkyl halides is 3. The molecule has 2 aliphatic rings. The third-order valence-electron chi connectivity index (χ3n) is 4.55. The third kappa shape index (κ3) is 3.41. The van der Waals surface area contributed by atoms with Gasteiger partial charge in [0.05, 0.1) is 0 Å². The molecule has 0 aromatic carbocycles. The molecule has 3 unspecified atom stereocenters. The molecule has 1 aliphatic carbocycles. The highest BCUT2D eigenvalue weighted by molar-refractivity contribution is 5.80. The smallest absolute Gasteiger partial charge is 0.387 e. The van der Waals surface area contributed by atoms with Crippen molar-refractivity contribution in [2.45, 2.75) is 50.7 Å². The number of hydrogen-bond acceptors (Lipinski definition) is 2. The van der Waals surface area contributed by atoms with E-state index in [4.69, 9.17) is 11.1 Å². The summed E-state index contributed by atoms with van der Waals surface area (Å²) in [5.74, 6) is -2.03. The first kappa shape index (κ1) is 14.6. The number of hydrogen-bond donors (Lipinski definition) is 2. The molecule has 1 heterocycles. The minimum atomic E-state index is -4.41. The average Bonchev–Trinajstić information content (AvgIpc) is 2.34. The minimum Gasteiger partial charge on any atom is -0.387 e. The number of amidine groups is 1. The van der Waals surface area contributed by atoms with Crippen molar-refractivity contribution >= 4 is 5.84 Å². The summed E-state index contributed by atoms with van der Waals surface area (Å²) < 4.78 is 38.7. The van der Waals surface area contributed by atoms with E-state index < -0.39 is 17.9 Å². The van der Waals surface area contributed by atoms with Gasteiger partial charge < -0.3 is 5.73 Å². The Balaban J connectivity index is 2.05. The first-order valence-corrected chi connectivity index (χ1v) is 7.04. The van der Waals surface area contributed by atoms with Gasteiger partial charge >= 0.3 is 6.18 Å². The second kappa shape index (κ2) is 5.69. The molecule has 110 valence electrons. The van der Waals surface area contributed by atoms with Crippen LogP contribution in [0.2, 0.25) is 0 Å². The largest absolute Gasteiger partial charge is 0.399 e. The topological polar surface area (TPSA) is 53.1 Å². The van der Waals surface area contributed by atoms with Crippen LogP contribution in [0.3, 0.4) is 0 Å². The first-order valence-electron chi connectivity index (χ1n) is 7.04. The maximum Gasteiger partial charge on any atom is 0.399 e. The Kier molecular flexibility index (Phi) is 4.38. The average molecular weight is 277 g/mol. The van der Waals surface area contributed by atoms with E-state index >= 15 is 0 Å². The third-order valence-corrected chi connectivity index (χ3v) is 4.55. The van der Waals surface area contributed by atoms with Gasteiger partial charge in [0.2, 0.25) is 0 Å². The van der Waals surface area contributed by atoms with E-state index in [1.54, 1.807) is 0 Å². The maximum absolute atomic E-state index is 12.9. The number of piperidine rings is 1. The fourth-order valence-corrected chi connectivity index (χ4v) is 3.57. The summed E-state index contributed by atoms with van der Waals surface area (Å²) in [5.41, 5.74) is 5.14. The molecule has 0 spiro atoms. The van der Waals surface area contributed by atoms with Gasteiger partial charge in [-0.15, -0.1) is 0 Å². The van der Waals surface area contributed by atoms with Crippen LogP contribution in [0.4, 0.5) is 13.2 Å². The highest BCUT2D eigenvalue weighted by Gasteiger charge is 2.45. The highest BCUT2D eigenvalue weighted by Crippen LogP contribution is 2.37. The summed E-state index contributed by atoms with van der Waals surface area (Å²) in [6.07, 6.45) is 2.12. The molecule has 0 aromatic rings. The highest BCUT2D eigenvalue weighted by atomic mass is 19.4. The number of fused-ring (bicyclic) bond motifs is 1. The van der Waals surface area contributed by atoms with E-state index in [0.717, 1.165) is 32.1 Å². The summed E-state index contributed by atoms with van der Waals surface area (Å²) in [5, 5.41) is 7.19. The molecule has 0 bridgehead atoms. The summed E-state index contributed by atoms with van der Waals surface area (Å²) >= 11 is 0. The molecule has 2 rings (SSSR count). The molecule has 2 fully saturated rings. The van der Waals surface area contributed by atoms with Crippen LogP contribution in [0.1, 0.15) is 38.5 Å². The lowest BCUT2D eigenvalue weighted by Gasteiger charge is -2.45. The molecule has 1 aliphatic heterocycles. The van der Waals surface area contributed by atoms with E-state index in [0.29, 0.717) is 12.5 Å². The zero-order valence-electron chi connectivity index (χ0n) is 11.0. The van der Waals surface area contributed by atoms with Crippen molar-refractivity contribution in [3.8, 4) is 0 Å². The van der Waals surface area contributed by atoms with Gasteiger partial charge in [-0.05, 0) is 38.1 Å². The molecule has 3 N–H and O–H groups in total. The van der Waals surface area contributed by atoms with Gasteiger partial charge in [0, 0.05) is 12.6 Å². The van der Waals surface area contributed by atoms with Crippen molar-refractivity contribution in [1.82, 2.24) is 4.90 Å². The van der Waals surface area contributed by atoms with E-state index in [2.05, 4.69) is 0 Å². The van der Waals surface area contributed by atoms with Gasteiger partial charge in [-0.2, -0.15) is 13.2 Å². The summed E-state index contributed by atoms with van der Waals surface area (Å²) in [6.45, 7) is 0.570. The normalized spacial score (nSPS) is 30.7. The van der Waals surface area contributed by atoms with Crippen molar-refractivity contribution in [3.63, 3.8) is 0 Å². The molecular formula is C13H22F3N3. The van der Waals surface area contributed by atoms with E-state index in [1.165, 1.54) is 6.42 Å². The second-order valence-electron chi connectivity index (χ2n) is 5.80. The van der Waals surface area contributed by atoms with Crippen molar-refractivity contribution in [3.05, 3.63) is 0 Å². The number of nitrogens with two attached hydrogens (primary N) is 1. The number of rotatable bonds is 3. The SMILES string of the molecule is N=C(N)C(CN1CCCC2CCCCC21)C(F)(F)F. The van der Waals surface area contributed by atoms with Crippen LogP contribution in [0, 0.1) is 17.2 Å². The van der Waals surface area contributed by atoms with Gasteiger partial charge in [0.25, 0.3) is 0 Å². The Morgan fingerprint density at radius 1 is 1.21 bits per heavy atom. The number of likely N-dealkylation sites (tertiary alicyclic amines) is 1. The lowest BCUT2D eigenvalue weighted by Crippen LogP contribution is -2.52. The molecule has 0 aromatic heterocycles. The summed E-state index contributed by atoms with van der Waals surface area (Å²) in [7, 11) is 0. The van der Waals surface area contributed by atoms with Gasteiger partial charge in [0.15, 0.2) is 0 Å². The lowest BCUT2D eigenvalue weighted by atomic mass is 9.78. The zero-order chi connectivity index (χ0) is 14.0. The van der Waals surface area contributed by atoms with Gasteiger partial charge in [-0.3, -0.25) is 10.3 Å².